The van der Waals surface area contributed by atoms with Gasteiger partial charge in [-0.3, -0.25) is 4.90 Å². The molecule has 0 spiro atoms. The van der Waals surface area contributed by atoms with Crippen molar-refractivity contribution in [2.75, 3.05) is 73.8 Å². The van der Waals surface area contributed by atoms with E-state index in [0.717, 1.165) is 57.8 Å². The predicted molar refractivity (Wildman–Crippen MR) is 102 cm³/mol. The van der Waals surface area contributed by atoms with Crippen molar-refractivity contribution in [1.82, 2.24) is 9.80 Å². The molecule has 2 rings (SSSR count). The predicted octanol–water partition coefficient (Wildman–Crippen LogP) is 1.20. The Morgan fingerprint density at radius 1 is 0.923 bits per heavy atom. The van der Waals surface area contributed by atoms with E-state index < -0.39 is 0 Å². The average molecular weight is 367 g/mol. The molecule has 26 heavy (non-hydrogen) atoms. The monoisotopic (exact) mass is 367 g/mol. The van der Waals surface area contributed by atoms with Gasteiger partial charge in [-0.05, 0) is 37.2 Å². The Morgan fingerprint density at radius 3 is 2.08 bits per heavy atom. The van der Waals surface area contributed by atoms with Gasteiger partial charge in [-0.1, -0.05) is 0 Å². The summed E-state index contributed by atoms with van der Waals surface area (Å²) in [6, 6.07) is 4.07. The third-order valence-corrected chi connectivity index (χ3v) is 4.60. The summed E-state index contributed by atoms with van der Waals surface area (Å²) in [5.41, 5.74) is 6.76. The van der Waals surface area contributed by atoms with Crippen molar-refractivity contribution in [3.63, 3.8) is 0 Å². The Bertz CT molecular complexity index is 509. The van der Waals surface area contributed by atoms with E-state index in [1.807, 2.05) is 12.1 Å². The third-order valence-electron chi connectivity index (χ3n) is 4.60. The quantitative estimate of drug-likeness (QED) is 0.589. The lowest BCUT2D eigenvalue weighted by molar-refractivity contribution is 0.126. The Kier molecular flexibility index (Phi) is 8.97. The van der Waals surface area contributed by atoms with Crippen molar-refractivity contribution < 1.29 is 18.9 Å². The minimum absolute atomic E-state index is 0.452. The van der Waals surface area contributed by atoms with Gasteiger partial charge in [0.05, 0.1) is 20.8 Å². The first-order chi connectivity index (χ1) is 12.7. The Labute approximate surface area is 156 Å². The third kappa shape index (κ3) is 6.02. The second kappa shape index (κ2) is 11.2. The molecule has 2 N–H and O–H groups in total. The van der Waals surface area contributed by atoms with Crippen LogP contribution in [0.3, 0.4) is 0 Å². The molecule has 1 aromatic carbocycles. The Morgan fingerprint density at radius 2 is 1.54 bits per heavy atom. The van der Waals surface area contributed by atoms with Gasteiger partial charge in [-0.15, -0.1) is 0 Å². The standard InChI is InChI=1S/C19H33N3O4/c1-23-11-12-26-19-17(24-2)13-16(14-18(19)25-3)15-22-9-7-21(8-10-22)6-4-5-20/h13-14H,4-12,15,20H2,1-3H3. The zero-order chi connectivity index (χ0) is 18.8. The molecule has 0 atom stereocenters. The second-order valence-corrected chi connectivity index (χ2v) is 6.43. The topological polar surface area (TPSA) is 69.4 Å². The summed E-state index contributed by atoms with van der Waals surface area (Å²) in [4.78, 5) is 4.94. The number of hydrogen-bond donors (Lipinski definition) is 1. The fraction of sp³-hybridized carbons (Fsp3) is 0.684. The summed E-state index contributed by atoms with van der Waals surface area (Å²) >= 11 is 0. The van der Waals surface area contributed by atoms with E-state index in [2.05, 4.69) is 9.80 Å². The second-order valence-electron chi connectivity index (χ2n) is 6.43. The van der Waals surface area contributed by atoms with Gasteiger partial charge in [0.25, 0.3) is 0 Å². The smallest absolute Gasteiger partial charge is 0.203 e. The van der Waals surface area contributed by atoms with Gasteiger partial charge in [0, 0.05) is 39.8 Å². The fourth-order valence-electron chi connectivity index (χ4n) is 3.14. The SMILES string of the molecule is COCCOc1c(OC)cc(CN2CCN(CCCN)CC2)cc1OC. The lowest BCUT2D eigenvalue weighted by Gasteiger charge is -2.34. The molecule has 0 unspecified atom stereocenters. The highest BCUT2D eigenvalue weighted by atomic mass is 16.6. The number of nitrogens with two attached hydrogens (primary N) is 1. The van der Waals surface area contributed by atoms with Crippen molar-refractivity contribution in [3.05, 3.63) is 17.7 Å². The minimum Gasteiger partial charge on any atom is -0.493 e. The summed E-state index contributed by atoms with van der Waals surface area (Å²) in [6.45, 7) is 7.99. The van der Waals surface area contributed by atoms with E-state index in [1.54, 1.807) is 21.3 Å². The van der Waals surface area contributed by atoms with Gasteiger partial charge in [0.2, 0.25) is 5.75 Å². The van der Waals surface area contributed by atoms with Crippen LogP contribution >= 0.6 is 0 Å². The number of nitrogens with zero attached hydrogens (tertiary/aromatic N) is 2. The molecule has 7 heteroatoms. The summed E-state index contributed by atoms with van der Waals surface area (Å²) in [5.74, 6) is 2.01. The number of hydrogen-bond acceptors (Lipinski definition) is 7. The maximum atomic E-state index is 5.78. The number of benzene rings is 1. The molecule has 0 aliphatic carbocycles. The van der Waals surface area contributed by atoms with Gasteiger partial charge in [-0.2, -0.15) is 0 Å². The van der Waals surface area contributed by atoms with E-state index in [1.165, 1.54) is 0 Å². The van der Waals surface area contributed by atoms with Crippen LogP contribution in [0.1, 0.15) is 12.0 Å². The van der Waals surface area contributed by atoms with Gasteiger partial charge in [0.15, 0.2) is 11.5 Å². The molecule has 0 saturated carbocycles. The van der Waals surface area contributed by atoms with Crippen LogP contribution in [-0.2, 0) is 11.3 Å². The summed E-state index contributed by atoms with van der Waals surface area (Å²) in [7, 11) is 4.95. The maximum Gasteiger partial charge on any atom is 0.203 e. The van der Waals surface area contributed by atoms with Crippen molar-refractivity contribution in [2.24, 2.45) is 5.73 Å². The first-order valence-corrected chi connectivity index (χ1v) is 9.23. The molecule has 0 amide bonds. The van der Waals surface area contributed by atoms with Crippen molar-refractivity contribution in [3.8, 4) is 17.2 Å². The van der Waals surface area contributed by atoms with Crippen LogP contribution in [0.25, 0.3) is 0 Å². The van der Waals surface area contributed by atoms with E-state index in [4.69, 9.17) is 24.7 Å². The molecular formula is C19H33N3O4. The molecule has 0 bridgehead atoms. The Balaban J connectivity index is 1.99. The lowest BCUT2D eigenvalue weighted by atomic mass is 10.1. The molecule has 1 aromatic rings. The largest absolute Gasteiger partial charge is 0.493 e. The Hall–Kier alpha value is -1.54. The zero-order valence-corrected chi connectivity index (χ0v) is 16.3. The van der Waals surface area contributed by atoms with Crippen LogP contribution in [0, 0.1) is 0 Å². The number of piperazine rings is 1. The average Bonchev–Trinajstić information content (AvgIpc) is 2.68. The first kappa shape index (κ1) is 20.8. The van der Waals surface area contributed by atoms with Crippen LogP contribution in [0.5, 0.6) is 17.2 Å². The zero-order valence-electron chi connectivity index (χ0n) is 16.3. The van der Waals surface area contributed by atoms with E-state index in [9.17, 15) is 0 Å². The summed E-state index contributed by atoms with van der Waals surface area (Å²) in [5, 5.41) is 0. The van der Waals surface area contributed by atoms with Crippen LogP contribution < -0.4 is 19.9 Å². The molecule has 0 radical (unpaired) electrons. The highest BCUT2D eigenvalue weighted by Gasteiger charge is 2.19. The van der Waals surface area contributed by atoms with Crippen molar-refractivity contribution in [2.45, 2.75) is 13.0 Å². The van der Waals surface area contributed by atoms with E-state index >= 15 is 0 Å². The molecule has 1 saturated heterocycles. The lowest BCUT2D eigenvalue weighted by Crippen LogP contribution is -2.46. The molecule has 7 nitrogen and oxygen atoms in total. The first-order valence-electron chi connectivity index (χ1n) is 9.23. The van der Waals surface area contributed by atoms with Gasteiger partial charge >= 0.3 is 0 Å². The molecule has 0 aromatic heterocycles. The van der Waals surface area contributed by atoms with Crippen LogP contribution in [0.2, 0.25) is 0 Å². The van der Waals surface area contributed by atoms with Gasteiger partial charge in [-0.25, -0.2) is 0 Å². The van der Waals surface area contributed by atoms with E-state index in [-0.39, 0.29) is 0 Å². The molecule has 1 heterocycles. The highest BCUT2D eigenvalue weighted by Crippen LogP contribution is 2.38. The summed E-state index contributed by atoms with van der Waals surface area (Å²) in [6.07, 6.45) is 1.07. The number of ether oxygens (including phenoxy) is 4. The molecule has 1 fully saturated rings. The van der Waals surface area contributed by atoms with Crippen LogP contribution in [0.15, 0.2) is 12.1 Å². The highest BCUT2D eigenvalue weighted by molar-refractivity contribution is 5.53. The minimum atomic E-state index is 0.452. The van der Waals surface area contributed by atoms with E-state index in [0.29, 0.717) is 30.5 Å². The fourth-order valence-corrected chi connectivity index (χ4v) is 3.14. The van der Waals surface area contributed by atoms with Crippen molar-refractivity contribution in [1.29, 1.82) is 0 Å². The maximum absolute atomic E-state index is 5.78. The molecule has 1 aliphatic rings. The summed E-state index contributed by atoms with van der Waals surface area (Å²) < 4.78 is 21.9. The number of rotatable bonds is 11. The van der Waals surface area contributed by atoms with Crippen LogP contribution in [0.4, 0.5) is 0 Å². The normalized spacial score (nSPS) is 15.8. The molecular weight excluding hydrogens is 334 g/mol. The van der Waals surface area contributed by atoms with Gasteiger partial charge < -0.3 is 29.6 Å². The van der Waals surface area contributed by atoms with Crippen molar-refractivity contribution >= 4 is 0 Å². The molecule has 148 valence electrons. The van der Waals surface area contributed by atoms with Crippen LogP contribution in [-0.4, -0.2) is 83.6 Å². The number of methoxy groups -OCH3 is 3. The van der Waals surface area contributed by atoms with Gasteiger partial charge in [0.1, 0.15) is 6.61 Å². The molecule has 1 aliphatic heterocycles.